The first kappa shape index (κ1) is 14.3. The molecule has 0 unspecified atom stereocenters. The van der Waals surface area contributed by atoms with Crippen molar-refractivity contribution in [2.75, 3.05) is 16.8 Å². The molecule has 22 heavy (non-hydrogen) atoms. The number of hydrogen-bond acceptors (Lipinski definition) is 3. The van der Waals surface area contributed by atoms with Gasteiger partial charge in [0.2, 0.25) is 5.91 Å². The Labute approximate surface area is 128 Å². The highest BCUT2D eigenvalue weighted by Gasteiger charge is 2.22. The summed E-state index contributed by atoms with van der Waals surface area (Å²) in [7, 11) is 0. The zero-order chi connectivity index (χ0) is 15.5. The molecule has 5 heteroatoms. The van der Waals surface area contributed by atoms with Crippen molar-refractivity contribution in [3.8, 4) is 0 Å². The third kappa shape index (κ3) is 2.83. The van der Waals surface area contributed by atoms with Gasteiger partial charge in [-0.15, -0.1) is 0 Å². The van der Waals surface area contributed by atoms with Crippen LogP contribution in [0.15, 0.2) is 42.5 Å². The van der Waals surface area contributed by atoms with Gasteiger partial charge in [0.15, 0.2) is 0 Å². The standard InChI is InChI=1S/C17H16FN3O/c18-13-3-5-14(6-4-13)20-16-8-7-15(10-12(16)11-19)21-9-1-2-17(21)22/h3-8,10-11,19-20H,1-2,9H2. The Morgan fingerprint density at radius 1 is 1.18 bits per heavy atom. The van der Waals surface area contributed by atoms with Gasteiger partial charge in [-0.2, -0.15) is 0 Å². The van der Waals surface area contributed by atoms with E-state index in [0.717, 1.165) is 30.0 Å². The van der Waals surface area contributed by atoms with Gasteiger partial charge < -0.3 is 15.6 Å². The number of carbonyl (C=O) groups excluding carboxylic acids is 1. The quantitative estimate of drug-likeness (QED) is 0.846. The number of benzene rings is 2. The molecule has 1 aliphatic heterocycles. The van der Waals surface area contributed by atoms with Gasteiger partial charge in [0.05, 0.1) is 0 Å². The minimum Gasteiger partial charge on any atom is -0.355 e. The largest absolute Gasteiger partial charge is 0.355 e. The second kappa shape index (κ2) is 5.97. The fraction of sp³-hybridized carbons (Fsp3) is 0.176. The third-order valence-corrected chi connectivity index (χ3v) is 3.70. The van der Waals surface area contributed by atoms with Crippen molar-refractivity contribution in [3.05, 3.63) is 53.8 Å². The number of nitrogens with zero attached hydrogens (tertiary/aromatic N) is 1. The molecule has 1 fully saturated rings. The van der Waals surface area contributed by atoms with Crippen LogP contribution in [0.25, 0.3) is 0 Å². The van der Waals surface area contributed by atoms with Gasteiger partial charge in [-0.05, 0) is 48.9 Å². The van der Waals surface area contributed by atoms with Gasteiger partial charge in [-0.1, -0.05) is 0 Å². The molecule has 2 aromatic carbocycles. The molecule has 0 aliphatic carbocycles. The Kier molecular flexibility index (Phi) is 3.87. The maximum Gasteiger partial charge on any atom is 0.227 e. The van der Waals surface area contributed by atoms with Crippen molar-refractivity contribution in [3.63, 3.8) is 0 Å². The molecular formula is C17H16FN3O. The molecular weight excluding hydrogens is 281 g/mol. The smallest absolute Gasteiger partial charge is 0.227 e. The van der Waals surface area contributed by atoms with E-state index in [-0.39, 0.29) is 11.7 Å². The molecule has 2 N–H and O–H groups in total. The number of halogens is 1. The fourth-order valence-corrected chi connectivity index (χ4v) is 2.56. The van der Waals surface area contributed by atoms with Crippen LogP contribution in [-0.4, -0.2) is 18.7 Å². The maximum absolute atomic E-state index is 12.9. The van der Waals surface area contributed by atoms with E-state index in [1.54, 1.807) is 17.0 Å². The highest BCUT2D eigenvalue weighted by Crippen LogP contribution is 2.27. The maximum atomic E-state index is 12.9. The van der Waals surface area contributed by atoms with Crippen LogP contribution in [-0.2, 0) is 4.79 Å². The van der Waals surface area contributed by atoms with Gasteiger partial charge >= 0.3 is 0 Å². The summed E-state index contributed by atoms with van der Waals surface area (Å²) in [4.78, 5) is 13.5. The predicted molar refractivity (Wildman–Crippen MR) is 85.6 cm³/mol. The molecule has 0 radical (unpaired) electrons. The molecule has 0 aromatic heterocycles. The van der Waals surface area contributed by atoms with Gasteiger partial charge in [0.1, 0.15) is 5.82 Å². The molecule has 0 atom stereocenters. The molecule has 0 bridgehead atoms. The number of hydrogen-bond donors (Lipinski definition) is 2. The van der Waals surface area contributed by atoms with Crippen molar-refractivity contribution in [2.24, 2.45) is 0 Å². The Morgan fingerprint density at radius 3 is 2.59 bits per heavy atom. The first-order chi connectivity index (χ1) is 10.7. The highest BCUT2D eigenvalue weighted by atomic mass is 19.1. The van der Waals surface area contributed by atoms with E-state index in [0.29, 0.717) is 12.0 Å². The van der Waals surface area contributed by atoms with E-state index >= 15 is 0 Å². The lowest BCUT2D eigenvalue weighted by molar-refractivity contribution is -0.117. The van der Waals surface area contributed by atoms with Crippen LogP contribution < -0.4 is 10.2 Å². The van der Waals surface area contributed by atoms with Gasteiger partial charge in [-0.3, -0.25) is 4.79 Å². The first-order valence-corrected chi connectivity index (χ1v) is 7.15. The van der Waals surface area contributed by atoms with Crippen LogP contribution in [0.5, 0.6) is 0 Å². The Bertz CT molecular complexity index is 712. The molecule has 3 rings (SSSR count). The van der Waals surface area contributed by atoms with Crippen molar-refractivity contribution in [1.29, 1.82) is 5.41 Å². The average Bonchev–Trinajstić information content (AvgIpc) is 2.96. The summed E-state index contributed by atoms with van der Waals surface area (Å²) in [5.74, 6) is -0.170. The van der Waals surface area contributed by atoms with Gasteiger partial charge in [-0.25, -0.2) is 4.39 Å². The number of anilines is 3. The van der Waals surface area contributed by atoms with Crippen LogP contribution in [0.2, 0.25) is 0 Å². The Hall–Kier alpha value is -2.69. The molecule has 1 saturated heterocycles. The monoisotopic (exact) mass is 297 g/mol. The van der Waals surface area contributed by atoms with E-state index in [9.17, 15) is 9.18 Å². The minimum atomic E-state index is -0.291. The lowest BCUT2D eigenvalue weighted by Crippen LogP contribution is -2.23. The summed E-state index contributed by atoms with van der Waals surface area (Å²) in [6.45, 7) is 0.723. The summed E-state index contributed by atoms with van der Waals surface area (Å²) in [5.41, 5.74) is 2.98. The van der Waals surface area contributed by atoms with Crippen LogP contribution in [0.4, 0.5) is 21.5 Å². The molecule has 0 saturated carbocycles. The summed E-state index contributed by atoms with van der Waals surface area (Å²) in [5, 5.41) is 10.7. The van der Waals surface area contributed by atoms with Crippen LogP contribution in [0.3, 0.4) is 0 Å². The zero-order valence-electron chi connectivity index (χ0n) is 12.0. The van der Waals surface area contributed by atoms with Crippen molar-refractivity contribution < 1.29 is 9.18 Å². The third-order valence-electron chi connectivity index (χ3n) is 3.70. The normalized spacial score (nSPS) is 14.2. The molecule has 1 aliphatic rings. The number of nitrogens with one attached hydrogen (secondary N) is 2. The van der Waals surface area contributed by atoms with Crippen LogP contribution >= 0.6 is 0 Å². The molecule has 2 aromatic rings. The summed E-state index contributed by atoms with van der Waals surface area (Å²) >= 11 is 0. The van der Waals surface area contributed by atoms with Gasteiger partial charge in [0.25, 0.3) is 0 Å². The van der Waals surface area contributed by atoms with E-state index in [1.165, 1.54) is 18.3 Å². The van der Waals surface area contributed by atoms with E-state index in [4.69, 9.17) is 5.41 Å². The summed E-state index contributed by atoms with van der Waals surface area (Å²) < 4.78 is 12.9. The molecule has 1 heterocycles. The predicted octanol–water partition coefficient (Wildman–Crippen LogP) is 3.69. The summed E-state index contributed by atoms with van der Waals surface area (Å²) in [6, 6.07) is 11.6. The average molecular weight is 297 g/mol. The minimum absolute atomic E-state index is 0.121. The van der Waals surface area contributed by atoms with Gasteiger partial charge in [0, 0.05) is 41.8 Å². The SMILES string of the molecule is N=Cc1cc(N2CCCC2=O)ccc1Nc1ccc(F)cc1. The molecule has 4 nitrogen and oxygen atoms in total. The number of amides is 1. The van der Waals surface area contributed by atoms with Crippen LogP contribution in [0.1, 0.15) is 18.4 Å². The number of rotatable bonds is 4. The van der Waals surface area contributed by atoms with E-state index in [2.05, 4.69) is 5.32 Å². The van der Waals surface area contributed by atoms with Crippen molar-refractivity contribution in [1.82, 2.24) is 0 Å². The molecule has 1 amide bonds. The fourth-order valence-electron chi connectivity index (χ4n) is 2.56. The highest BCUT2D eigenvalue weighted by molar-refractivity contribution is 5.97. The van der Waals surface area contributed by atoms with Crippen molar-refractivity contribution in [2.45, 2.75) is 12.8 Å². The zero-order valence-corrected chi connectivity index (χ0v) is 12.0. The van der Waals surface area contributed by atoms with Crippen LogP contribution in [0, 0.1) is 11.2 Å². The lowest BCUT2D eigenvalue weighted by Gasteiger charge is -2.18. The Morgan fingerprint density at radius 2 is 1.95 bits per heavy atom. The molecule has 112 valence electrons. The van der Waals surface area contributed by atoms with E-state index < -0.39 is 0 Å². The first-order valence-electron chi connectivity index (χ1n) is 7.15. The topological polar surface area (TPSA) is 56.2 Å². The number of carbonyl (C=O) groups is 1. The Balaban J connectivity index is 1.87. The summed E-state index contributed by atoms with van der Waals surface area (Å²) in [6.07, 6.45) is 2.69. The second-order valence-electron chi connectivity index (χ2n) is 5.20. The second-order valence-corrected chi connectivity index (χ2v) is 5.20. The van der Waals surface area contributed by atoms with E-state index in [1.807, 2.05) is 18.2 Å². The lowest BCUT2D eigenvalue weighted by atomic mass is 10.1. The van der Waals surface area contributed by atoms with Crippen molar-refractivity contribution >= 4 is 29.2 Å². The molecule has 0 spiro atoms.